The number of nitrogens with one attached hydrogen (secondary N) is 1. The van der Waals surface area contributed by atoms with E-state index in [9.17, 15) is 14.0 Å². The van der Waals surface area contributed by atoms with Crippen LogP contribution in [0, 0.1) is 24.6 Å². The number of benzene rings is 2. The van der Waals surface area contributed by atoms with E-state index in [-0.39, 0.29) is 29.5 Å². The predicted molar refractivity (Wildman–Crippen MR) is 114 cm³/mol. The number of hydrogen-bond donors (Lipinski definition) is 1. The first-order valence-corrected chi connectivity index (χ1v) is 10.3. The number of carbonyl (C=O) groups is 2. The Balaban J connectivity index is 1.20. The summed E-state index contributed by atoms with van der Waals surface area (Å²) in [5.41, 5.74) is 3.23. The summed E-state index contributed by atoms with van der Waals surface area (Å²) < 4.78 is 14.0. The van der Waals surface area contributed by atoms with Gasteiger partial charge in [-0.2, -0.15) is 15.4 Å². The molecule has 158 valence electrons. The van der Waals surface area contributed by atoms with Crippen molar-refractivity contribution in [3.63, 3.8) is 0 Å². The van der Waals surface area contributed by atoms with Crippen molar-refractivity contribution in [2.24, 2.45) is 11.8 Å². The van der Waals surface area contributed by atoms with Crippen LogP contribution >= 0.6 is 0 Å². The minimum Gasteiger partial charge on any atom is -0.338 e. The van der Waals surface area contributed by atoms with Crippen LogP contribution in [0.3, 0.4) is 0 Å². The Bertz CT molecular complexity index is 1190. The number of aryl methyl sites for hydroxylation is 1. The zero-order chi connectivity index (χ0) is 21.5. The van der Waals surface area contributed by atoms with E-state index >= 15 is 0 Å². The van der Waals surface area contributed by atoms with Gasteiger partial charge in [0.1, 0.15) is 16.9 Å². The molecule has 2 fully saturated rings. The molecule has 3 heterocycles. The van der Waals surface area contributed by atoms with E-state index < -0.39 is 0 Å². The second kappa shape index (κ2) is 7.61. The molecule has 5 rings (SSSR count). The molecular weight excluding hydrogens is 397 g/mol. The van der Waals surface area contributed by atoms with Gasteiger partial charge in [0.15, 0.2) is 0 Å². The van der Waals surface area contributed by atoms with Gasteiger partial charge in [-0.15, -0.1) is 0 Å². The molecule has 3 aromatic rings. The van der Waals surface area contributed by atoms with Crippen molar-refractivity contribution in [1.29, 1.82) is 0 Å². The SMILES string of the molecule is Cc1ccc(/C=C/C(=O)N2CC3CN(C(=O)c4ccc5n[nH]nc5c4)CC3C2)c(F)c1. The third kappa shape index (κ3) is 3.69. The summed E-state index contributed by atoms with van der Waals surface area (Å²) in [6.07, 6.45) is 2.96. The lowest BCUT2D eigenvalue weighted by molar-refractivity contribution is -0.125. The smallest absolute Gasteiger partial charge is 0.253 e. The van der Waals surface area contributed by atoms with Gasteiger partial charge in [-0.05, 0) is 42.8 Å². The molecule has 2 amide bonds. The molecule has 8 heteroatoms. The Kier molecular flexibility index (Phi) is 4.77. The van der Waals surface area contributed by atoms with E-state index in [1.807, 2.05) is 17.9 Å². The standard InChI is InChI=1S/C23H22FN5O2/c1-14-2-3-15(19(24)8-14)5-7-22(30)28-10-17-12-29(13-18(17)11-28)23(31)16-4-6-20-21(9-16)26-27-25-20/h2-9,17-18H,10-13H2,1H3,(H,25,26,27)/b7-5+. The van der Waals surface area contributed by atoms with E-state index in [1.54, 1.807) is 29.2 Å². The van der Waals surface area contributed by atoms with Gasteiger partial charge < -0.3 is 9.80 Å². The highest BCUT2D eigenvalue weighted by Crippen LogP contribution is 2.32. The van der Waals surface area contributed by atoms with Crippen LogP contribution in [-0.4, -0.2) is 63.2 Å². The first-order chi connectivity index (χ1) is 15.0. The molecule has 31 heavy (non-hydrogen) atoms. The number of nitrogens with zero attached hydrogens (tertiary/aromatic N) is 4. The van der Waals surface area contributed by atoms with Crippen LogP contribution in [0.1, 0.15) is 21.5 Å². The lowest BCUT2D eigenvalue weighted by atomic mass is 10.0. The zero-order valence-electron chi connectivity index (χ0n) is 17.1. The summed E-state index contributed by atoms with van der Waals surface area (Å²) >= 11 is 0. The van der Waals surface area contributed by atoms with E-state index in [1.165, 1.54) is 18.2 Å². The average Bonchev–Trinajstić information content (AvgIpc) is 3.46. The molecule has 2 aliphatic heterocycles. The maximum atomic E-state index is 14.0. The van der Waals surface area contributed by atoms with E-state index in [2.05, 4.69) is 15.4 Å². The van der Waals surface area contributed by atoms with Crippen LogP contribution in [0.4, 0.5) is 4.39 Å². The summed E-state index contributed by atoms with van der Waals surface area (Å²) in [7, 11) is 0. The Morgan fingerprint density at radius 1 is 1.00 bits per heavy atom. The number of fused-ring (bicyclic) bond motifs is 2. The summed E-state index contributed by atoms with van der Waals surface area (Å²) in [6, 6.07) is 10.3. The number of likely N-dealkylation sites (tertiary alicyclic amines) is 2. The highest BCUT2D eigenvalue weighted by molar-refractivity contribution is 5.97. The van der Waals surface area contributed by atoms with Crippen LogP contribution in [0.2, 0.25) is 0 Å². The fourth-order valence-electron chi connectivity index (χ4n) is 4.53. The van der Waals surface area contributed by atoms with Gasteiger partial charge >= 0.3 is 0 Å². The van der Waals surface area contributed by atoms with Gasteiger partial charge in [0.2, 0.25) is 5.91 Å². The number of halogens is 1. The van der Waals surface area contributed by atoms with Crippen LogP contribution in [0.5, 0.6) is 0 Å². The minimum atomic E-state index is -0.333. The van der Waals surface area contributed by atoms with Gasteiger partial charge in [-0.1, -0.05) is 12.1 Å². The van der Waals surface area contributed by atoms with Crippen LogP contribution in [-0.2, 0) is 4.79 Å². The van der Waals surface area contributed by atoms with Crippen molar-refractivity contribution in [2.45, 2.75) is 6.92 Å². The topological polar surface area (TPSA) is 82.2 Å². The number of H-pyrrole nitrogens is 1. The zero-order valence-corrected chi connectivity index (χ0v) is 17.1. The van der Waals surface area contributed by atoms with Crippen molar-refractivity contribution < 1.29 is 14.0 Å². The quantitative estimate of drug-likeness (QED) is 0.662. The number of hydrogen-bond acceptors (Lipinski definition) is 4. The van der Waals surface area contributed by atoms with Crippen LogP contribution in [0.15, 0.2) is 42.5 Å². The molecule has 0 aliphatic carbocycles. The van der Waals surface area contributed by atoms with E-state index in [0.717, 1.165) is 11.1 Å². The number of aromatic nitrogens is 3. The predicted octanol–water partition coefficient (Wildman–Crippen LogP) is 2.65. The number of rotatable bonds is 3. The highest BCUT2D eigenvalue weighted by Gasteiger charge is 2.42. The fourth-order valence-corrected chi connectivity index (χ4v) is 4.53. The molecular formula is C23H22FN5O2. The third-order valence-corrected chi connectivity index (χ3v) is 6.21. The molecule has 2 aliphatic rings. The number of aromatic amines is 1. The molecule has 0 spiro atoms. The molecule has 1 aromatic heterocycles. The lowest BCUT2D eigenvalue weighted by Crippen LogP contribution is -2.35. The first kappa shape index (κ1) is 19.4. The summed E-state index contributed by atoms with van der Waals surface area (Å²) in [5, 5.41) is 10.6. The first-order valence-electron chi connectivity index (χ1n) is 10.3. The van der Waals surface area contributed by atoms with Crippen molar-refractivity contribution in [1.82, 2.24) is 25.2 Å². The Labute approximate surface area is 178 Å². The number of amides is 2. The molecule has 1 N–H and O–H groups in total. The molecule has 0 bridgehead atoms. The summed E-state index contributed by atoms with van der Waals surface area (Å²) in [4.78, 5) is 29.1. The third-order valence-electron chi connectivity index (χ3n) is 6.21. The summed E-state index contributed by atoms with van der Waals surface area (Å²) in [5.74, 6) is 0.0392. The Hall–Kier alpha value is -3.55. The monoisotopic (exact) mass is 419 g/mol. The normalized spacial score (nSPS) is 20.7. The molecule has 2 unspecified atom stereocenters. The van der Waals surface area contributed by atoms with E-state index in [4.69, 9.17) is 0 Å². The van der Waals surface area contributed by atoms with Crippen LogP contribution in [0.25, 0.3) is 17.1 Å². The maximum absolute atomic E-state index is 14.0. The molecule has 7 nitrogen and oxygen atoms in total. The largest absolute Gasteiger partial charge is 0.338 e. The minimum absolute atomic E-state index is 0.0214. The highest BCUT2D eigenvalue weighted by atomic mass is 19.1. The van der Waals surface area contributed by atoms with Crippen molar-refractivity contribution >= 4 is 28.9 Å². The molecule has 0 saturated carbocycles. The van der Waals surface area contributed by atoms with Gasteiger partial charge in [0.05, 0.1) is 0 Å². The second-order valence-electron chi connectivity index (χ2n) is 8.36. The molecule has 2 aromatic carbocycles. The molecule has 0 radical (unpaired) electrons. The van der Waals surface area contributed by atoms with Crippen molar-refractivity contribution in [2.75, 3.05) is 26.2 Å². The molecule has 2 atom stereocenters. The molecule has 2 saturated heterocycles. The Morgan fingerprint density at radius 2 is 1.71 bits per heavy atom. The van der Waals surface area contributed by atoms with E-state index in [0.29, 0.717) is 42.8 Å². The summed E-state index contributed by atoms with van der Waals surface area (Å²) in [6.45, 7) is 4.29. The van der Waals surface area contributed by atoms with Crippen molar-refractivity contribution in [3.05, 3.63) is 65.0 Å². The lowest BCUT2D eigenvalue weighted by Gasteiger charge is -2.21. The van der Waals surface area contributed by atoms with Gasteiger partial charge in [-0.3, -0.25) is 9.59 Å². The Morgan fingerprint density at radius 3 is 2.45 bits per heavy atom. The number of carbonyl (C=O) groups excluding carboxylic acids is 2. The van der Waals surface area contributed by atoms with Crippen molar-refractivity contribution in [3.8, 4) is 0 Å². The van der Waals surface area contributed by atoms with Gasteiger partial charge in [0.25, 0.3) is 5.91 Å². The van der Waals surface area contributed by atoms with Crippen LogP contribution < -0.4 is 0 Å². The average molecular weight is 419 g/mol. The van der Waals surface area contributed by atoms with Gasteiger partial charge in [-0.25, -0.2) is 4.39 Å². The fraction of sp³-hybridized carbons (Fsp3) is 0.304. The maximum Gasteiger partial charge on any atom is 0.253 e. The second-order valence-corrected chi connectivity index (χ2v) is 8.36. The van der Waals surface area contributed by atoms with Gasteiger partial charge in [0, 0.05) is 55.2 Å².